The molecule has 2 heterocycles. The topological polar surface area (TPSA) is 70.7 Å². The minimum atomic E-state index is -3.73. The summed E-state index contributed by atoms with van der Waals surface area (Å²) >= 11 is 7.18. The summed E-state index contributed by atoms with van der Waals surface area (Å²) in [7, 11) is -2.10. The normalized spacial score (nSPS) is 19.1. The van der Waals surface area contributed by atoms with E-state index in [4.69, 9.17) is 16.3 Å². The van der Waals surface area contributed by atoms with Crippen LogP contribution in [0.2, 0.25) is 5.02 Å². The van der Waals surface area contributed by atoms with E-state index in [1.807, 2.05) is 24.3 Å². The average molecular weight is 492 g/mol. The van der Waals surface area contributed by atoms with E-state index in [0.29, 0.717) is 22.8 Å². The number of hydrogen-bond acceptors (Lipinski definition) is 6. The smallest absolute Gasteiger partial charge is 0.271 e. The summed E-state index contributed by atoms with van der Waals surface area (Å²) in [5.41, 5.74) is 2.30. The maximum atomic E-state index is 13.1. The van der Waals surface area contributed by atoms with E-state index in [2.05, 4.69) is 28.8 Å². The van der Waals surface area contributed by atoms with Crippen molar-refractivity contribution in [1.29, 1.82) is 0 Å². The van der Waals surface area contributed by atoms with Crippen molar-refractivity contribution >= 4 is 44.3 Å². The molecule has 0 spiro atoms. The number of nitrogens with zero attached hydrogens (tertiary/aromatic N) is 1. The van der Waals surface area contributed by atoms with Gasteiger partial charge >= 0.3 is 0 Å². The predicted octanol–water partition coefficient (Wildman–Crippen LogP) is 5.06. The number of hydrogen-bond donors (Lipinski definition) is 2. The van der Waals surface area contributed by atoms with Crippen LogP contribution in [0, 0.1) is 0 Å². The fourth-order valence-electron chi connectivity index (χ4n) is 3.96. The van der Waals surface area contributed by atoms with Gasteiger partial charge in [-0.25, -0.2) is 8.42 Å². The number of nitrogens with one attached hydrogen (secondary N) is 2. The molecule has 1 saturated heterocycles. The second-order valence-electron chi connectivity index (χ2n) is 7.99. The van der Waals surface area contributed by atoms with Crippen molar-refractivity contribution < 1.29 is 13.2 Å². The molecule has 4 rings (SSSR count). The first-order chi connectivity index (χ1) is 15.2. The van der Waals surface area contributed by atoms with Crippen molar-refractivity contribution in [1.82, 2.24) is 5.32 Å². The van der Waals surface area contributed by atoms with Crippen LogP contribution in [0.3, 0.4) is 0 Å². The van der Waals surface area contributed by atoms with Gasteiger partial charge in [-0.05, 0) is 61.9 Å². The first kappa shape index (κ1) is 22.9. The van der Waals surface area contributed by atoms with Crippen molar-refractivity contribution in [2.75, 3.05) is 29.8 Å². The number of piperazine rings is 1. The van der Waals surface area contributed by atoms with Gasteiger partial charge in [0.25, 0.3) is 10.0 Å². The van der Waals surface area contributed by atoms with Gasteiger partial charge in [0, 0.05) is 35.1 Å². The molecular weight excluding hydrogens is 466 g/mol. The first-order valence-corrected chi connectivity index (χ1v) is 13.0. The molecule has 6 nitrogen and oxygen atoms in total. The number of methoxy groups -OCH3 is 1. The Labute approximate surface area is 198 Å². The molecule has 2 atom stereocenters. The third kappa shape index (κ3) is 5.04. The third-order valence-electron chi connectivity index (χ3n) is 5.30. The fourth-order valence-corrected chi connectivity index (χ4v) is 6.45. The van der Waals surface area contributed by atoms with Gasteiger partial charge in [0.2, 0.25) is 0 Å². The van der Waals surface area contributed by atoms with Crippen LogP contribution in [0.15, 0.2) is 58.8 Å². The molecule has 3 aromatic rings. The van der Waals surface area contributed by atoms with Crippen molar-refractivity contribution in [3.8, 4) is 16.2 Å². The Bertz CT molecular complexity index is 1190. The summed E-state index contributed by atoms with van der Waals surface area (Å²) in [6.45, 7) is 5.89. The van der Waals surface area contributed by atoms with Gasteiger partial charge < -0.3 is 15.0 Å². The van der Waals surface area contributed by atoms with Gasteiger partial charge in [-0.2, -0.15) is 0 Å². The zero-order valence-electron chi connectivity index (χ0n) is 18.1. The molecule has 1 aliphatic rings. The van der Waals surface area contributed by atoms with Crippen LogP contribution in [0.25, 0.3) is 10.4 Å². The van der Waals surface area contributed by atoms with Gasteiger partial charge in [-0.1, -0.05) is 23.7 Å². The predicted molar refractivity (Wildman–Crippen MR) is 133 cm³/mol. The Kier molecular flexibility index (Phi) is 6.67. The van der Waals surface area contributed by atoms with E-state index >= 15 is 0 Å². The Morgan fingerprint density at radius 1 is 1.06 bits per heavy atom. The van der Waals surface area contributed by atoms with Crippen LogP contribution in [0.5, 0.6) is 5.75 Å². The lowest BCUT2D eigenvalue weighted by molar-refractivity contribution is 0.391. The van der Waals surface area contributed by atoms with Gasteiger partial charge in [-0.15, -0.1) is 11.3 Å². The van der Waals surface area contributed by atoms with Gasteiger partial charge in [0.1, 0.15) is 9.96 Å². The van der Waals surface area contributed by atoms with Gasteiger partial charge in [0.05, 0.1) is 18.5 Å². The minimum absolute atomic E-state index is 0.254. The van der Waals surface area contributed by atoms with Crippen molar-refractivity contribution in [2.45, 2.75) is 30.1 Å². The molecule has 0 aliphatic carbocycles. The van der Waals surface area contributed by atoms with Crippen molar-refractivity contribution in [2.24, 2.45) is 0 Å². The Balaban J connectivity index is 1.59. The first-order valence-electron chi connectivity index (χ1n) is 10.3. The van der Waals surface area contributed by atoms with E-state index in [9.17, 15) is 8.42 Å². The van der Waals surface area contributed by atoms with Crippen LogP contribution in [-0.2, 0) is 10.0 Å². The molecular formula is C23H26ClN3O3S2. The molecule has 32 heavy (non-hydrogen) atoms. The summed E-state index contributed by atoms with van der Waals surface area (Å²) in [4.78, 5) is 3.09. The lowest BCUT2D eigenvalue weighted by Crippen LogP contribution is -2.54. The number of rotatable bonds is 6. The van der Waals surface area contributed by atoms with E-state index < -0.39 is 10.0 Å². The number of benzene rings is 2. The summed E-state index contributed by atoms with van der Waals surface area (Å²) in [5.74, 6) is 0.718. The molecule has 2 aromatic carbocycles. The van der Waals surface area contributed by atoms with Crippen LogP contribution >= 0.6 is 22.9 Å². The summed E-state index contributed by atoms with van der Waals surface area (Å²) < 4.78 is 34.7. The van der Waals surface area contributed by atoms with Crippen LogP contribution in [0.1, 0.15) is 13.8 Å². The van der Waals surface area contributed by atoms with Crippen LogP contribution in [-0.4, -0.2) is 40.7 Å². The highest BCUT2D eigenvalue weighted by Crippen LogP contribution is 2.35. The van der Waals surface area contributed by atoms with Crippen LogP contribution < -0.4 is 19.7 Å². The monoisotopic (exact) mass is 491 g/mol. The highest BCUT2D eigenvalue weighted by molar-refractivity contribution is 7.94. The summed E-state index contributed by atoms with van der Waals surface area (Å²) in [6, 6.07) is 16.8. The zero-order valence-corrected chi connectivity index (χ0v) is 20.5. The maximum Gasteiger partial charge on any atom is 0.271 e. The van der Waals surface area contributed by atoms with Gasteiger partial charge in [0.15, 0.2) is 0 Å². The van der Waals surface area contributed by atoms with Crippen molar-refractivity contribution in [3.63, 3.8) is 0 Å². The summed E-state index contributed by atoms with van der Waals surface area (Å²) in [6.07, 6.45) is 0. The number of ether oxygens (including phenoxy) is 1. The lowest BCUT2D eigenvalue weighted by Gasteiger charge is -2.38. The Hall–Kier alpha value is -2.26. The fraction of sp³-hybridized carbons (Fsp3) is 0.304. The maximum absolute atomic E-state index is 13.1. The number of anilines is 2. The molecule has 0 saturated carbocycles. The SMILES string of the molecule is COc1ccc(NS(=O)(=O)c2ccc(-c3ccc(Cl)cc3)s2)cc1N1CC(C)NC(C)C1. The quantitative estimate of drug-likeness (QED) is 0.504. The number of halogens is 1. The van der Waals surface area contributed by atoms with E-state index in [1.54, 1.807) is 37.4 Å². The largest absolute Gasteiger partial charge is 0.495 e. The average Bonchev–Trinajstić information content (AvgIpc) is 3.25. The van der Waals surface area contributed by atoms with Gasteiger partial charge in [-0.3, -0.25) is 4.72 Å². The molecule has 9 heteroatoms. The molecule has 1 aromatic heterocycles. The zero-order chi connectivity index (χ0) is 22.9. The molecule has 1 fully saturated rings. The van der Waals surface area contributed by atoms with E-state index in [0.717, 1.165) is 35.0 Å². The molecule has 170 valence electrons. The lowest BCUT2D eigenvalue weighted by atomic mass is 10.1. The Morgan fingerprint density at radius 2 is 1.75 bits per heavy atom. The molecule has 0 bridgehead atoms. The van der Waals surface area contributed by atoms with E-state index in [1.165, 1.54) is 11.3 Å². The molecule has 0 radical (unpaired) electrons. The van der Waals surface area contributed by atoms with Crippen LogP contribution in [0.4, 0.5) is 11.4 Å². The highest BCUT2D eigenvalue weighted by atomic mass is 35.5. The Morgan fingerprint density at radius 3 is 2.41 bits per heavy atom. The third-order valence-corrected chi connectivity index (χ3v) is 8.56. The summed E-state index contributed by atoms with van der Waals surface area (Å²) in [5, 5.41) is 4.15. The molecule has 2 unspecified atom stereocenters. The minimum Gasteiger partial charge on any atom is -0.495 e. The number of thiophene rings is 1. The molecule has 1 aliphatic heterocycles. The highest BCUT2D eigenvalue weighted by Gasteiger charge is 2.24. The molecule has 0 amide bonds. The standard InChI is InChI=1S/C23H26ClN3O3S2/c1-15-13-27(14-16(2)25-15)20-12-19(8-9-21(20)30-3)26-32(28,29)23-11-10-22(31-23)17-4-6-18(24)7-5-17/h4-12,15-16,25-26H,13-14H2,1-3H3. The number of sulfonamides is 1. The van der Waals surface area contributed by atoms with Crippen molar-refractivity contribution in [3.05, 3.63) is 59.6 Å². The van der Waals surface area contributed by atoms with E-state index in [-0.39, 0.29) is 4.21 Å². The second kappa shape index (κ2) is 9.31. The second-order valence-corrected chi connectivity index (χ2v) is 11.4. The molecule has 2 N–H and O–H groups in total.